The van der Waals surface area contributed by atoms with E-state index in [1.165, 1.54) is 12.5 Å². The van der Waals surface area contributed by atoms with Crippen LogP contribution in [0.2, 0.25) is 0 Å². The summed E-state index contributed by atoms with van der Waals surface area (Å²) in [5.74, 6) is 1.50. The Morgan fingerprint density at radius 1 is 1.16 bits per heavy atom. The molecule has 4 nitrogen and oxygen atoms in total. The predicted octanol–water partition coefficient (Wildman–Crippen LogP) is 3.21. The van der Waals surface area contributed by atoms with E-state index in [-0.39, 0.29) is 29.0 Å². The molecule has 0 saturated heterocycles. The largest absolute Gasteiger partial charge is 0.465 e. The number of rotatable bonds is 2. The quantitative estimate of drug-likeness (QED) is 0.594. The predicted molar refractivity (Wildman–Crippen MR) is 94.7 cm³/mol. The van der Waals surface area contributed by atoms with Crippen LogP contribution >= 0.6 is 0 Å². The van der Waals surface area contributed by atoms with Gasteiger partial charge in [0.05, 0.1) is 12.2 Å². The summed E-state index contributed by atoms with van der Waals surface area (Å²) in [4.78, 5) is 11.5. The molecule has 0 aromatic heterocycles. The molecule has 0 bridgehead atoms. The van der Waals surface area contributed by atoms with Gasteiger partial charge >= 0.3 is 5.97 Å². The molecular formula is C21H32O4. The second-order valence-corrected chi connectivity index (χ2v) is 9.29. The molecule has 0 unspecified atom stereocenters. The summed E-state index contributed by atoms with van der Waals surface area (Å²) < 4.78 is 5.57. The number of carbonyl (C=O) groups is 1. The van der Waals surface area contributed by atoms with Gasteiger partial charge in [0.15, 0.2) is 0 Å². The summed E-state index contributed by atoms with van der Waals surface area (Å²) in [6.45, 7) is 4.25. The Morgan fingerprint density at radius 2 is 1.96 bits per heavy atom. The second-order valence-electron chi connectivity index (χ2n) is 9.29. The van der Waals surface area contributed by atoms with Crippen LogP contribution in [0.25, 0.3) is 0 Å². The standard InChI is InChI=1S/C21H32O4/c1-13(22)25-12-21-10-7-15(23)11-14(21)3-4-16-17-5-6-19(24)20(17,2)9-8-18(16)21/h11,15-19,23-24H,3-10,12H2,1-2H3/t15-,16+,17+,18+,19+,20+,21-/m1/s1. The first-order valence-corrected chi connectivity index (χ1v) is 10.1. The molecule has 3 fully saturated rings. The highest BCUT2D eigenvalue weighted by Crippen LogP contribution is 2.65. The molecule has 25 heavy (non-hydrogen) atoms. The van der Waals surface area contributed by atoms with Crippen molar-refractivity contribution in [3.63, 3.8) is 0 Å². The lowest BCUT2D eigenvalue weighted by Crippen LogP contribution is -2.54. The van der Waals surface area contributed by atoms with Crippen LogP contribution in [0.15, 0.2) is 11.6 Å². The monoisotopic (exact) mass is 348 g/mol. The SMILES string of the molecule is CC(=O)OC[C@]12CC[C@@H](O)C=C1CC[C@@H]1[C@@H]2CC[C@]2(C)[C@@H](O)CC[C@@H]12. The van der Waals surface area contributed by atoms with Crippen molar-refractivity contribution in [1.82, 2.24) is 0 Å². The molecule has 0 radical (unpaired) electrons. The fourth-order valence-corrected chi connectivity index (χ4v) is 6.98. The maximum Gasteiger partial charge on any atom is 0.302 e. The van der Waals surface area contributed by atoms with Crippen LogP contribution in [0.1, 0.15) is 65.2 Å². The number of aliphatic hydroxyl groups excluding tert-OH is 2. The Labute approximate surface area is 150 Å². The van der Waals surface area contributed by atoms with Crippen molar-refractivity contribution in [3.8, 4) is 0 Å². The van der Waals surface area contributed by atoms with E-state index in [4.69, 9.17) is 4.74 Å². The van der Waals surface area contributed by atoms with E-state index in [0.29, 0.717) is 24.4 Å². The van der Waals surface area contributed by atoms with Crippen LogP contribution in [-0.2, 0) is 9.53 Å². The zero-order valence-electron chi connectivity index (χ0n) is 15.5. The van der Waals surface area contributed by atoms with Gasteiger partial charge in [-0.25, -0.2) is 0 Å². The Balaban J connectivity index is 1.68. The third kappa shape index (κ3) is 2.59. The topological polar surface area (TPSA) is 66.8 Å². The van der Waals surface area contributed by atoms with Crippen molar-refractivity contribution < 1.29 is 19.7 Å². The van der Waals surface area contributed by atoms with Crippen molar-refractivity contribution in [3.05, 3.63) is 11.6 Å². The van der Waals surface area contributed by atoms with E-state index >= 15 is 0 Å². The first kappa shape index (κ1) is 17.5. The molecule has 4 aliphatic rings. The van der Waals surface area contributed by atoms with Gasteiger partial charge in [0, 0.05) is 12.3 Å². The molecule has 0 aliphatic heterocycles. The van der Waals surface area contributed by atoms with Gasteiger partial charge in [-0.15, -0.1) is 0 Å². The van der Waals surface area contributed by atoms with E-state index in [1.807, 2.05) is 0 Å². The van der Waals surface area contributed by atoms with Gasteiger partial charge in [0.25, 0.3) is 0 Å². The van der Waals surface area contributed by atoms with Gasteiger partial charge in [-0.1, -0.05) is 18.6 Å². The number of aliphatic hydroxyl groups is 2. The fraction of sp³-hybridized carbons (Fsp3) is 0.857. The van der Waals surface area contributed by atoms with E-state index in [9.17, 15) is 15.0 Å². The van der Waals surface area contributed by atoms with Crippen LogP contribution in [0.4, 0.5) is 0 Å². The average molecular weight is 348 g/mol. The lowest BCUT2D eigenvalue weighted by Gasteiger charge is -2.58. The summed E-state index contributed by atoms with van der Waals surface area (Å²) in [7, 11) is 0. The number of fused-ring (bicyclic) bond motifs is 5. The zero-order valence-corrected chi connectivity index (χ0v) is 15.5. The Hall–Kier alpha value is -0.870. The fourth-order valence-electron chi connectivity index (χ4n) is 6.98. The molecule has 140 valence electrons. The molecule has 0 aromatic rings. The second kappa shape index (κ2) is 6.09. The van der Waals surface area contributed by atoms with Crippen molar-refractivity contribution in [2.75, 3.05) is 6.61 Å². The molecule has 3 saturated carbocycles. The molecule has 0 spiro atoms. The maximum atomic E-state index is 11.5. The number of hydrogen-bond acceptors (Lipinski definition) is 4. The van der Waals surface area contributed by atoms with Gasteiger partial charge in [-0.05, 0) is 74.5 Å². The van der Waals surface area contributed by atoms with Crippen molar-refractivity contribution >= 4 is 5.97 Å². The number of carbonyl (C=O) groups excluding carboxylic acids is 1. The molecule has 2 N–H and O–H groups in total. The minimum Gasteiger partial charge on any atom is -0.465 e. The van der Waals surface area contributed by atoms with Crippen molar-refractivity contribution in [1.29, 1.82) is 0 Å². The van der Waals surface area contributed by atoms with Crippen LogP contribution in [-0.4, -0.2) is 35.0 Å². The van der Waals surface area contributed by atoms with Gasteiger partial charge in [-0.3, -0.25) is 4.79 Å². The molecule has 0 amide bonds. The smallest absolute Gasteiger partial charge is 0.302 e. The summed E-state index contributed by atoms with van der Waals surface area (Å²) in [5.41, 5.74) is 1.32. The maximum absolute atomic E-state index is 11.5. The molecule has 4 aliphatic carbocycles. The molecule has 4 rings (SSSR count). The Bertz CT molecular complexity index is 584. The Kier molecular flexibility index (Phi) is 4.27. The highest BCUT2D eigenvalue weighted by Gasteiger charge is 2.60. The van der Waals surface area contributed by atoms with E-state index in [1.54, 1.807) is 0 Å². The highest BCUT2D eigenvalue weighted by molar-refractivity contribution is 5.66. The van der Waals surface area contributed by atoms with Crippen molar-refractivity contribution in [2.45, 2.75) is 77.4 Å². The third-order valence-electron chi connectivity index (χ3n) is 8.30. The average Bonchev–Trinajstić information content (AvgIpc) is 2.88. The lowest BCUT2D eigenvalue weighted by molar-refractivity contribution is -0.150. The highest BCUT2D eigenvalue weighted by atomic mass is 16.5. The normalized spacial score (nSPS) is 48.8. The summed E-state index contributed by atoms with van der Waals surface area (Å²) in [5, 5.41) is 20.7. The zero-order chi connectivity index (χ0) is 17.8. The van der Waals surface area contributed by atoms with Gasteiger partial charge in [-0.2, -0.15) is 0 Å². The first-order valence-electron chi connectivity index (χ1n) is 10.1. The third-order valence-corrected chi connectivity index (χ3v) is 8.30. The first-order chi connectivity index (χ1) is 11.9. The summed E-state index contributed by atoms with van der Waals surface area (Å²) in [6, 6.07) is 0. The number of esters is 1. The van der Waals surface area contributed by atoms with Gasteiger partial charge in [0.2, 0.25) is 0 Å². The molecule has 7 atom stereocenters. The Morgan fingerprint density at radius 3 is 2.72 bits per heavy atom. The number of ether oxygens (including phenoxy) is 1. The molecule has 0 aromatic carbocycles. The van der Waals surface area contributed by atoms with Gasteiger partial charge in [0.1, 0.15) is 6.61 Å². The van der Waals surface area contributed by atoms with Crippen LogP contribution < -0.4 is 0 Å². The molecule has 4 heteroatoms. The van der Waals surface area contributed by atoms with E-state index in [2.05, 4.69) is 13.0 Å². The van der Waals surface area contributed by atoms with Crippen LogP contribution in [0, 0.1) is 28.6 Å². The van der Waals surface area contributed by atoms with Gasteiger partial charge < -0.3 is 14.9 Å². The lowest BCUT2D eigenvalue weighted by atomic mass is 9.47. The van der Waals surface area contributed by atoms with E-state index < -0.39 is 0 Å². The minimum absolute atomic E-state index is 0.0686. The number of hydrogen-bond donors (Lipinski definition) is 2. The van der Waals surface area contributed by atoms with Crippen LogP contribution in [0.3, 0.4) is 0 Å². The summed E-state index contributed by atoms with van der Waals surface area (Å²) >= 11 is 0. The van der Waals surface area contributed by atoms with E-state index in [0.717, 1.165) is 51.4 Å². The van der Waals surface area contributed by atoms with Crippen molar-refractivity contribution in [2.24, 2.45) is 28.6 Å². The molecule has 0 heterocycles. The minimum atomic E-state index is -0.348. The molecular weight excluding hydrogens is 316 g/mol. The summed E-state index contributed by atoms with van der Waals surface area (Å²) in [6.07, 6.45) is 9.61. The van der Waals surface area contributed by atoms with Crippen LogP contribution in [0.5, 0.6) is 0 Å².